The summed E-state index contributed by atoms with van der Waals surface area (Å²) in [5.74, 6) is 0.121. The molecule has 0 aromatic heterocycles. The van der Waals surface area contributed by atoms with Gasteiger partial charge in [-0.3, -0.25) is 4.79 Å². The molecule has 1 fully saturated rings. The van der Waals surface area contributed by atoms with Gasteiger partial charge >= 0.3 is 11.9 Å². The number of ether oxygens (including phenoxy) is 5. The van der Waals surface area contributed by atoms with Crippen LogP contribution in [0.4, 0.5) is 0 Å². The number of benzene rings is 1. The Balaban J connectivity index is 1.87. The van der Waals surface area contributed by atoms with Gasteiger partial charge in [0.1, 0.15) is 19.3 Å². The van der Waals surface area contributed by atoms with E-state index in [2.05, 4.69) is 19.2 Å². The summed E-state index contributed by atoms with van der Waals surface area (Å²) in [4.78, 5) is 24.9. The molecule has 2 N–H and O–H groups in total. The standard InChI is InChI=1S/C28H45NO8/c1-6-8-11-34-24-14-20(3)23(15-25(24)35-12-9-7-2)27(32)36-18-22(30)16-29-28(4,5)19-37-26(31)21-10-13-33-17-21/h14-15,21-22,29-30H,6-13,16-19H2,1-5H3/t21?,22-/m0/s1. The molecular formula is C28H45NO8. The van der Waals surface area contributed by atoms with E-state index in [-0.39, 0.29) is 31.6 Å². The highest BCUT2D eigenvalue weighted by Crippen LogP contribution is 2.32. The van der Waals surface area contributed by atoms with E-state index < -0.39 is 17.6 Å². The van der Waals surface area contributed by atoms with Crippen molar-refractivity contribution in [1.29, 1.82) is 0 Å². The van der Waals surface area contributed by atoms with Gasteiger partial charge in [0, 0.05) is 18.7 Å². The second-order valence-corrected chi connectivity index (χ2v) is 10.2. The van der Waals surface area contributed by atoms with Gasteiger partial charge < -0.3 is 34.1 Å². The highest BCUT2D eigenvalue weighted by atomic mass is 16.5. The molecule has 9 heteroatoms. The molecule has 1 aromatic carbocycles. The predicted molar refractivity (Wildman–Crippen MR) is 140 cm³/mol. The summed E-state index contributed by atoms with van der Waals surface area (Å²) in [5.41, 5.74) is 0.523. The van der Waals surface area contributed by atoms with Crippen LogP contribution in [0.5, 0.6) is 11.5 Å². The average Bonchev–Trinajstić information content (AvgIpc) is 3.41. The fourth-order valence-electron chi connectivity index (χ4n) is 3.60. The zero-order valence-electron chi connectivity index (χ0n) is 23.1. The van der Waals surface area contributed by atoms with Crippen molar-refractivity contribution in [3.05, 3.63) is 23.3 Å². The number of β-amino-alcohol motifs (C(OH)–C–C–N with tert-alkyl or cyclic N) is 1. The first kappa shape index (κ1) is 30.9. The monoisotopic (exact) mass is 523 g/mol. The SMILES string of the molecule is CCCCOc1cc(C)c(C(=O)OC[C@@H](O)CNC(C)(C)COC(=O)C2CCOC2)cc1OCCCC. The zero-order valence-corrected chi connectivity index (χ0v) is 23.1. The Kier molecular flexibility index (Phi) is 13.2. The molecule has 0 saturated carbocycles. The van der Waals surface area contributed by atoms with Crippen molar-refractivity contribution in [3.63, 3.8) is 0 Å². The van der Waals surface area contributed by atoms with Crippen molar-refractivity contribution >= 4 is 11.9 Å². The minimum Gasteiger partial charge on any atom is -0.490 e. The Bertz CT molecular complexity index is 851. The van der Waals surface area contributed by atoms with Crippen LogP contribution >= 0.6 is 0 Å². The molecule has 1 heterocycles. The summed E-state index contributed by atoms with van der Waals surface area (Å²) in [6, 6.07) is 3.46. The first-order valence-corrected chi connectivity index (χ1v) is 13.4. The number of aliphatic hydroxyl groups is 1. The maximum Gasteiger partial charge on any atom is 0.338 e. The van der Waals surface area contributed by atoms with Crippen molar-refractivity contribution in [3.8, 4) is 11.5 Å². The molecule has 1 unspecified atom stereocenters. The van der Waals surface area contributed by atoms with Crippen LogP contribution in [0.25, 0.3) is 0 Å². The highest BCUT2D eigenvalue weighted by Gasteiger charge is 2.28. The first-order chi connectivity index (χ1) is 17.7. The number of hydrogen-bond donors (Lipinski definition) is 2. The number of nitrogens with one attached hydrogen (secondary N) is 1. The molecule has 37 heavy (non-hydrogen) atoms. The first-order valence-electron chi connectivity index (χ1n) is 13.4. The van der Waals surface area contributed by atoms with Gasteiger partial charge in [0.25, 0.3) is 0 Å². The minimum atomic E-state index is -0.931. The average molecular weight is 524 g/mol. The quantitative estimate of drug-likeness (QED) is 0.232. The number of aryl methyl sites for hydroxylation is 1. The summed E-state index contributed by atoms with van der Waals surface area (Å²) >= 11 is 0. The zero-order chi connectivity index (χ0) is 27.3. The number of rotatable bonds is 17. The molecule has 2 rings (SSSR count). The molecule has 0 bridgehead atoms. The topological polar surface area (TPSA) is 113 Å². The Labute approximate surface area is 221 Å². The number of hydrogen-bond acceptors (Lipinski definition) is 9. The lowest BCUT2D eigenvalue weighted by atomic mass is 10.1. The summed E-state index contributed by atoms with van der Waals surface area (Å²) in [6.07, 6.45) is 3.58. The lowest BCUT2D eigenvalue weighted by Crippen LogP contribution is -2.48. The molecule has 210 valence electrons. The number of esters is 2. The summed E-state index contributed by atoms with van der Waals surface area (Å²) in [7, 11) is 0. The highest BCUT2D eigenvalue weighted by molar-refractivity contribution is 5.92. The van der Waals surface area contributed by atoms with Crippen LogP contribution in [0.2, 0.25) is 0 Å². The van der Waals surface area contributed by atoms with Crippen LogP contribution in [0.3, 0.4) is 0 Å². The number of aliphatic hydroxyl groups excluding tert-OH is 1. The Morgan fingerprint density at radius 2 is 1.76 bits per heavy atom. The van der Waals surface area contributed by atoms with Crippen molar-refractivity contribution in [2.75, 3.05) is 46.2 Å². The summed E-state index contributed by atoms with van der Waals surface area (Å²) in [6.45, 7) is 12.0. The summed E-state index contributed by atoms with van der Waals surface area (Å²) < 4.78 is 27.8. The van der Waals surface area contributed by atoms with E-state index in [1.807, 2.05) is 20.8 Å². The van der Waals surface area contributed by atoms with Gasteiger partial charge in [0.2, 0.25) is 0 Å². The maximum atomic E-state index is 12.8. The summed E-state index contributed by atoms with van der Waals surface area (Å²) in [5, 5.41) is 13.5. The van der Waals surface area contributed by atoms with Gasteiger partial charge in [-0.1, -0.05) is 26.7 Å². The van der Waals surface area contributed by atoms with Crippen LogP contribution in [0.15, 0.2) is 12.1 Å². The molecule has 0 amide bonds. The van der Waals surface area contributed by atoms with Crippen LogP contribution < -0.4 is 14.8 Å². The minimum absolute atomic E-state index is 0.154. The van der Waals surface area contributed by atoms with Gasteiger partial charge in [0.05, 0.1) is 31.3 Å². The number of carbonyl (C=O) groups is 2. The number of unbranched alkanes of at least 4 members (excludes halogenated alkanes) is 2. The third-order valence-corrected chi connectivity index (χ3v) is 6.08. The fourth-order valence-corrected chi connectivity index (χ4v) is 3.60. The van der Waals surface area contributed by atoms with Crippen LogP contribution in [0, 0.1) is 12.8 Å². The molecule has 0 aliphatic carbocycles. The lowest BCUT2D eigenvalue weighted by molar-refractivity contribution is -0.150. The normalized spacial score (nSPS) is 16.3. The lowest BCUT2D eigenvalue weighted by Gasteiger charge is -2.27. The van der Waals surface area contributed by atoms with Crippen molar-refractivity contribution < 1.29 is 38.4 Å². The third-order valence-electron chi connectivity index (χ3n) is 6.08. The van der Waals surface area contributed by atoms with Gasteiger partial charge in [-0.25, -0.2) is 4.79 Å². The van der Waals surface area contributed by atoms with Crippen LogP contribution in [-0.2, 0) is 19.0 Å². The fraction of sp³-hybridized carbons (Fsp3) is 0.714. The predicted octanol–water partition coefficient (Wildman–Crippen LogP) is 3.82. The van der Waals surface area contributed by atoms with Crippen molar-refractivity contribution in [2.24, 2.45) is 5.92 Å². The Hall–Kier alpha value is -2.36. The second-order valence-electron chi connectivity index (χ2n) is 10.2. The van der Waals surface area contributed by atoms with Crippen LogP contribution in [0.1, 0.15) is 75.7 Å². The van der Waals surface area contributed by atoms with Crippen molar-refractivity contribution in [1.82, 2.24) is 5.32 Å². The number of carbonyl (C=O) groups excluding carboxylic acids is 2. The molecular weight excluding hydrogens is 478 g/mol. The van der Waals surface area contributed by atoms with Crippen molar-refractivity contribution in [2.45, 2.75) is 78.4 Å². The Morgan fingerprint density at radius 1 is 1.11 bits per heavy atom. The van der Waals surface area contributed by atoms with Gasteiger partial charge in [-0.05, 0) is 57.7 Å². The molecule has 0 spiro atoms. The van der Waals surface area contributed by atoms with Crippen LogP contribution in [-0.4, -0.2) is 74.9 Å². The smallest absolute Gasteiger partial charge is 0.338 e. The van der Waals surface area contributed by atoms with E-state index in [9.17, 15) is 14.7 Å². The molecule has 2 atom stereocenters. The van der Waals surface area contributed by atoms with E-state index in [0.29, 0.717) is 55.5 Å². The third kappa shape index (κ3) is 10.9. The molecule has 0 radical (unpaired) electrons. The van der Waals surface area contributed by atoms with E-state index in [4.69, 9.17) is 23.7 Å². The molecule has 1 saturated heterocycles. The van der Waals surface area contributed by atoms with Gasteiger partial charge in [-0.15, -0.1) is 0 Å². The van der Waals surface area contributed by atoms with E-state index in [1.54, 1.807) is 12.1 Å². The Morgan fingerprint density at radius 3 is 2.35 bits per heavy atom. The molecule has 1 aliphatic heterocycles. The van der Waals surface area contributed by atoms with E-state index >= 15 is 0 Å². The van der Waals surface area contributed by atoms with Gasteiger partial charge in [-0.2, -0.15) is 0 Å². The van der Waals surface area contributed by atoms with E-state index in [1.165, 1.54) is 0 Å². The second kappa shape index (κ2) is 15.8. The largest absolute Gasteiger partial charge is 0.490 e. The molecule has 1 aliphatic rings. The van der Waals surface area contributed by atoms with Gasteiger partial charge in [0.15, 0.2) is 11.5 Å². The molecule has 1 aromatic rings. The van der Waals surface area contributed by atoms with E-state index in [0.717, 1.165) is 25.7 Å². The maximum absolute atomic E-state index is 12.8. The molecule has 9 nitrogen and oxygen atoms in total.